The number of ether oxygens (including phenoxy) is 1. The molecule has 1 aliphatic heterocycles. The molecule has 1 aromatic carbocycles. The Balaban J connectivity index is 1.95. The molecule has 0 radical (unpaired) electrons. The number of phenols is 2. The SMILES string of the molecule is C=C1CC[C@H](Cl)C(C)(C)[C@@H]1C[C@@]12OC(C)(C)[C@H](Cl)C=C1C(=O)c1c(O)cc(O)cc1C2=O. The molecular formula is C25H28Cl2O5. The summed E-state index contributed by atoms with van der Waals surface area (Å²) in [6, 6.07) is 2.26. The topological polar surface area (TPSA) is 83.8 Å². The van der Waals surface area contributed by atoms with E-state index in [9.17, 15) is 19.8 Å². The summed E-state index contributed by atoms with van der Waals surface area (Å²) in [5, 5.41) is 19.6. The summed E-state index contributed by atoms with van der Waals surface area (Å²) in [4.78, 5) is 27.6. The number of halogens is 2. The van der Waals surface area contributed by atoms with Gasteiger partial charge in [-0.05, 0) is 50.5 Å². The summed E-state index contributed by atoms with van der Waals surface area (Å²) in [5.74, 6) is -1.97. The van der Waals surface area contributed by atoms with E-state index in [-0.39, 0.29) is 40.2 Å². The second-order valence-electron chi connectivity index (χ2n) is 10.3. The maximum absolute atomic E-state index is 14.0. The van der Waals surface area contributed by atoms with Gasteiger partial charge in [-0.1, -0.05) is 32.1 Å². The van der Waals surface area contributed by atoms with Crippen molar-refractivity contribution in [3.63, 3.8) is 0 Å². The van der Waals surface area contributed by atoms with E-state index >= 15 is 0 Å². The minimum atomic E-state index is -1.63. The fourth-order valence-corrected chi connectivity index (χ4v) is 5.83. The van der Waals surface area contributed by atoms with E-state index < -0.39 is 39.3 Å². The van der Waals surface area contributed by atoms with Crippen LogP contribution in [-0.2, 0) is 4.74 Å². The van der Waals surface area contributed by atoms with E-state index in [1.54, 1.807) is 19.9 Å². The summed E-state index contributed by atoms with van der Waals surface area (Å²) in [5.41, 5.74) is -2.09. The number of phenolic OH excluding ortho intramolecular Hbond substituents is 2. The Hall–Kier alpha value is -1.82. The lowest BCUT2D eigenvalue weighted by Crippen LogP contribution is -2.60. The molecule has 1 saturated carbocycles. The maximum Gasteiger partial charge on any atom is 0.200 e. The summed E-state index contributed by atoms with van der Waals surface area (Å²) in [7, 11) is 0. The van der Waals surface area contributed by atoms with E-state index in [2.05, 4.69) is 6.58 Å². The third kappa shape index (κ3) is 3.24. The number of alkyl halides is 2. The molecule has 1 heterocycles. The lowest BCUT2D eigenvalue weighted by molar-refractivity contribution is -0.116. The predicted octanol–water partition coefficient (Wildman–Crippen LogP) is 5.55. The zero-order chi connectivity index (χ0) is 23.8. The van der Waals surface area contributed by atoms with Gasteiger partial charge in [-0.2, -0.15) is 0 Å². The van der Waals surface area contributed by atoms with Crippen LogP contribution in [0.25, 0.3) is 0 Å². The molecule has 0 bridgehead atoms. The third-order valence-electron chi connectivity index (χ3n) is 7.44. The standard InChI is InChI=1S/C25H28Cl2O5/c1-12-6-7-18(26)23(2,3)16(12)11-25-15(10-19(27)24(4,5)32-25)21(30)20-14(22(25)31)8-13(28)9-17(20)29/h8-10,16,18-19,28-29H,1,6-7,11H2,2-5H3/t16-,18+,19-,25-/m1/s1. The molecule has 5 nitrogen and oxygen atoms in total. The van der Waals surface area contributed by atoms with E-state index in [1.165, 1.54) is 6.07 Å². The highest BCUT2D eigenvalue weighted by Crippen LogP contribution is 2.55. The minimum absolute atomic E-state index is 0.0601. The second-order valence-corrected chi connectivity index (χ2v) is 11.3. The molecule has 32 heavy (non-hydrogen) atoms. The average molecular weight is 479 g/mol. The number of allylic oxidation sites excluding steroid dienone is 1. The van der Waals surface area contributed by atoms with Crippen molar-refractivity contribution in [2.24, 2.45) is 11.3 Å². The number of aromatic hydroxyl groups is 2. The van der Waals surface area contributed by atoms with Gasteiger partial charge in [-0.3, -0.25) is 9.59 Å². The van der Waals surface area contributed by atoms with Gasteiger partial charge in [0.2, 0.25) is 0 Å². The van der Waals surface area contributed by atoms with Crippen molar-refractivity contribution in [3.8, 4) is 11.5 Å². The second kappa shape index (κ2) is 7.34. The molecule has 0 saturated heterocycles. The van der Waals surface area contributed by atoms with Crippen LogP contribution in [0.5, 0.6) is 11.5 Å². The minimum Gasteiger partial charge on any atom is -0.508 e. The lowest BCUT2D eigenvalue weighted by atomic mass is 9.59. The van der Waals surface area contributed by atoms with Crippen molar-refractivity contribution in [2.45, 2.75) is 68.9 Å². The van der Waals surface area contributed by atoms with Crippen LogP contribution in [0, 0.1) is 11.3 Å². The number of rotatable bonds is 2. The zero-order valence-electron chi connectivity index (χ0n) is 18.7. The van der Waals surface area contributed by atoms with Crippen LogP contribution in [0.2, 0.25) is 0 Å². The third-order valence-corrected chi connectivity index (χ3v) is 8.88. The van der Waals surface area contributed by atoms with E-state index in [4.69, 9.17) is 27.9 Å². The lowest BCUT2D eigenvalue weighted by Gasteiger charge is -2.52. The van der Waals surface area contributed by atoms with Crippen LogP contribution in [0.1, 0.15) is 67.7 Å². The number of hydrogen-bond acceptors (Lipinski definition) is 5. The van der Waals surface area contributed by atoms with Crippen molar-refractivity contribution in [2.75, 3.05) is 0 Å². The summed E-state index contributed by atoms with van der Waals surface area (Å²) in [6.45, 7) is 11.9. The van der Waals surface area contributed by atoms with Gasteiger partial charge in [0.05, 0.1) is 16.5 Å². The van der Waals surface area contributed by atoms with Crippen LogP contribution >= 0.6 is 23.2 Å². The normalized spacial score (nSPS) is 33.4. The van der Waals surface area contributed by atoms with Gasteiger partial charge < -0.3 is 14.9 Å². The highest BCUT2D eigenvalue weighted by Gasteiger charge is 2.60. The van der Waals surface area contributed by atoms with Crippen molar-refractivity contribution in [1.29, 1.82) is 0 Å². The molecule has 2 N–H and O–H groups in total. The van der Waals surface area contributed by atoms with Gasteiger partial charge in [-0.15, -0.1) is 23.2 Å². The van der Waals surface area contributed by atoms with Gasteiger partial charge in [0.25, 0.3) is 0 Å². The number of ketones is 2. The Morgan fingerprint density at radius 3 is 2.47 bits per heavy atom. The Labute approximate surface area is 198 Å². The summed E-state index contributed by atoms with van der Waals surface area (Å²) >= 11 is 13.2. The van der Waals surface area contributed by atoms with E-state index in [1.807, 2.05) is 13.8 Å². The number of Topliss-reactive ketones (excluding diaryl/α,β-unsaturated/α-hetero) is 2. The highest BCUT2D eigenvalue weighted by atomic mass is 35.5. The van der Waals surface area contributed by atoms with E-state index in [0.29, 0.717) is 0 Å². The first-order valence-corrected chi connectivity index (χ1v) is 11.6. The van der Waals surface area contributed by atoms with Gasteiger partial charge in [0.1, 0.15) is 11.5 Å². The average Bonchev–Trinajstić information content (AvgIpc) is 2.68. The van der Waals surface area contributed by atoms with Crippen molar-refractivity contribution in [1.82, 2.24) is 0 Å². The molecule has 0 amide bonds. The molecule has 1 fully saturated rings. The molecule has 1 aromatic rings. The zero-order valence-corrected chi connectivity index (χ0v) is 20.2. The first-order chi connectivity index (χ1) is 14.7. The van der Waals surface area contributed by atoms with Gasteiger partial charge >= 0.3 is 0 Å². The smallest absolute Gasteiger partial charge is 0.200 e. The first kappa shape index (κ1) is 23.3. The molecule has 172 valence electrons. The highest BCUT2D eigenvalue weighted by molar-refractivity contribution is 6.30. The number of carbonyl (C=O) groups excluding carboxylic acids is 2. The molecule has 0 unspecified atom stereocenters. The summed E-state index contributed by atoms with van der Waals surface area (Å²) in [6.07, 6.45) is 3.25. The van der Waals surface area contributed by atoms with Crippen LogP contribution < -0.4 is 0 Å². The van der Waals surface area contributed by atoms with Gasteiger partial charge in [0.15, 0.2) is 17.2 Å². The number of benzene rings is 1. The molecule has 4 rings (SSSR count). The number of fused-ring (bicyclic) bond motifs is 2. The Kier molecular flexibility index (Phi) is 5.36. The fraction of sp³-hybridized carbons (Fsp3) is 0.520. The van der Waals surface area contributed by atoms with Crippen LogP contribution in [0.3, 0.4) is 0 Å². The Morgan fingerprint density at radius 2 is 1.81 bits per heavy atom. The molecule has 4 atom stereocenters. The van der Waals surface area contributed by atoms with Crippen LogP contribution in [0.4, 0.5) is 0 Å². The van der Waals surface area contributed by atoms with Crippen molar-refractivity contribution in [3.05, 3.63) is 47.1 Å². The number of carbonyl (C=O) groups is 2. The van der Waals surface area contributed by atoms with Crippen LogP contribution in [-0.4, -0.2) is 43.7 Å². The number of hydrogen-bond donors (Lipinski definition) is 2. The molecule has 0 aromatic heterocycles. The molecule has 3 aliphatic rings. The fourth-order valence-electron chi connectivity index (χ4n) is 5.39. The monoisotopic (exact) mass is 478 g/mol. The van der Waals surface area contributed by atoms with Gasteiger partial charge in [0, 0.05) is 22.6 Å². The molecule has 0 spiro atoms. The first-order valence-electron chi connectivity index (χ1n) is 10.8. The predicted molar refractivity (Wildman–Crippen MR) is 124 cm³/mol. The van der Waals surface area contributed by atoms with Crippen molar-refractivity contribution >= 4 is 34.8 Å². The Morgan fingerprint density at radius 1 is 1.16 bits per heavy atom. The van der Waals surface area contributed by atoms with Gasteiger partial charge in [-0.25, -0.2) is 0 Å². The largest absolute Gasteiger partial charge is 0.508 e. The van der Waals surface area contributed by atoms with Crippen molar-refractivity contribution < 1.29 is 24.5 Å². The summed E-state index contributed by atoms with van der Waals surface area (Å²) < 4.78 is 6.46. The molecule has 2 aliphatic carbocycles. The van der Waals surface area contributed by atoms with Crippen LogP contribution in [0.15, 0.2) is 35.9 Å². The molecule has 7 heteroatoms. The molecular weight excluding hydrogens is 451 g/mol. The quantitative estimate of drug-likeness (QED) is 0.430. The van der Waals surface area contributed by atoms with E-state index in [0.717, 1.165) is 24.5 Å². The maximum atomic E-state index is 14.0. The Bertz CT molecular complexity index is 1070.